The van der Waals surface area contributed by atoms with E-state index in [9.17, 15) is 19.5 Å². The molecule has 1 saturated heterocycles. The molecule has 0 aromatic heterocycles. The van der Waals surface area contributed by atoms with Gasteiger partial charge in [-0.05, 0) is 46.4 Å². The summed E-state index contributed by atoms with van der Waals surface area (Å²) in [6.45, 7) is 6.75. The number of rotatable bonds is 7. The number of fused-ring (bicyclic) bond motifs is 3. The van der Waals surface area contributed by atoms with Crippen LogP contribution in [0.15, 0.2) is 48.5 Å². The third-order valence-electron chi connectivity index (χ3n) is 7.19. The first-order valence-corrected chi connectivity index (χ1v) is 12.4. The lowest BCUT2D eigenvalue weighted by Crippen LogP contribution is -2.54. The highest BCUT2D eigenvalue weighted by Crippen LogP contribution is 2.44. The molecule has 4 unspecified atom stereocenters. The predicted molar refractivity (Wildman–Crippen MR) is 133 cm³/mol. The molecule has 4 atom stereocenters. The van der Waals surface area contributed by atoms with Gasteiger partial charge in [0.1, 0.15) is 12.6 Å². The van der Waals surface area contributed by atoms with Crippen LogP contribution >= 0.6 is 0 Å². The average molecular weight is 479 g/mol. The second-order valence-electron chi connectivity index (χ2n) is 10.2. The van der Waals surface area contributed by atoms with E-state index < -0.39 is 18.1 Å². The van der Waals surface area contributed by atoms with Crippen molar-refractivity contribution < 1.29 is 24.2 Å². The third-order valence-corrected chi connectivity index (χ3v) is 7.19. The summed E-state index contributed by atoms with van der Waals surface area (Å²) in [4.78, 5) is 38.6. The highest BCUT2D eigenvalue weighted by molar-refractivity contribution is 5.84. The van der Waals surface area contributed by atoms with Crippen LogP contribution in [0.25, 0.3) is 11.1 Å². The SMILES string of the molecule is CC(CNC(=O)OCC1c2ccccc2-c2ccccc21)CC(=O)N1CC(C)CC(C)C1C(=O)O. The van der Waals surface area contributed by atoms with Gasteiger partial charge >= 0.3 is 12.1 Å². The molecule has 1 aliphatic carbocycles. The number of amides is 2. The van der Waals surface area contributed by atoms with E-state index in [1.165, 1.54) is 16.0 Å². The molecular formula is C28H34N2O5. The van der Waals surface area contributed by atoms with Crippen molar-refractivity contribution in [1.29, 1.82) is 0 Å². The van der Waals surface area contributed by atoms with Crippen LogP contribution in [0.1, 0.15) is 50.7 Å². The summed E-state index contributed by atoms with van der Waals surface area (Å²) in [6, 6.07) is 15.5. The number of carbonyl (C=O) groups excluding carboxylic acids is 2. The molecule has 1 fully saturated rings. The fraction of sp³-hybridized carbons (Fsp3) is 0.464. The van der Waals surface area contributed by atoms with Gasteiger partial charge in [-0.2, -0.15) is 0 Å². The number of hydrogen-bond donors (Lipinski definition) is 2. The normalized spacial score (nSPS) is 22.1. The van der Waals surface area contributed by atoms with E-state index in [-0.39, 0.29) is 49.2 Å². The summed E-state index contributed by atoms with van der Waals surface area (Å²) in [5.74, 6) is -1.12. The number of carboxylic acid groups (broad SMARTS) is 1. The number of nitrogens with one attached hydrogen (secondary N) is 1. The van der Waals surface area contributed by atoms with Crippen LogP contribution in [0.5, 0.6) is 0 Å². The zero-order valence-electron chi connectivity index (χ0n) is 20.6. The Hall–Kier alpha value is -3.35. The van der Waals surface area contributed by atoms with E-state index in [2.05, 4.69) is 29.6 Å². The van der Waals surface area contributed by atoms with E-state index in [0.29, 0.717) is 6.54 Å². The number of benzene rings is 2. The Morgan fingerprint density at radius 2 is 1.66 bits per heavy atom. The molecule has 0 spiro atoms. The molecule has 1 aliphatic heterocycles. The highest BCUT2D eigenvalue weighted by atomic mass is 16.5. The molecule has 7 nitrogen and oxygen atoms in total. The third kappa shape index (κ3) is 5.34. The van der Waals surface area contributed by atoms with Crippen LogP contribution in [-0.4, -0.2) is 53.7 Å². The molecular weight excluding hydrogens is 444 g/mol. The standard InChI is InChI=1S/C28H34N2O5/c1-17(13-25(31)30-15-18(2)12-19(3)26(30)27(32)33)14-29-28(34)35-16-24-22-10-6-4-8-20(22)21-9-5-7-11-23(21)24/h4-11,17-19,24,26H,12-16H2,1-3H3,(H,29,34)(H,32,33). The number of likely N-dealkylation sites (tertiary alicyclic amines) is 1. The minimum absolute atomic E-state index is 0.0109. The number of piperidine rings is 1. The number of hydrogen-bond acceptors (Lipinski definition) is 4. The molecule has 0 bridgehead atoms. The maximum Gasteiger partial charge on any atom is 0.407 e. The Bertz CT molecular complexity index is 1050. The second kappa shape index (κ2) is 10.5. The Balaban J connectivity index is 1.28. The fourth-order valence-electron chi connectivity index (χ4n) is 5.62. The van der Waals surface area contributed by atoms with Crippen molar-refractivity contribution in [2.75, 3.05) is 19.7 Å². The lowest BCUT2D eigenvalue weighted by molar-refractivity contribution is -0.156. The molecule has 0 saturated carbocycles. The van der Waals surface area contributed by atoms with Gasteiger partial charge in [-0.3, -0.25) is 4.79 Å². The molecule has 4 rings (SSSR count). The monoisotopic (exact) mass is 478 g/mol. The van der Waals surface area contributed by atoms with Gasteiger partial charge in [0.25, 0.3) is 0 Å². The molecule has 35 heavy (non-hydrogen) atoms. The highest BCUT2D eigenvalue weighted by Gasteiger charge is 2.39. The molecule has 1 heterocycles. The summed E-state index contributed by atoms with van der Waals surface area (Å²) in [7, 11) is 0. The van der Waals surface area contributed by atoms with E-state index in [4.69, 9.17) is 4.74 Å². The van der Waals surface area contributed by atoms with Crippen molar-refractivity contribution >= 4 is 18.0 Å². The van der Waals surface area contributed by atoms with Gasteiger partial charge in [0.2, 0.25) is 5.91 Å². The van der Waals surface area contributed by atoms with Crippen molar-refractivity contribution in [1.82, 2.24) is 10.2 Å². The number of carbonyl (C=O) groups is 3. The summed E-state index contributed by atoms with van der Waals surface area (Å²) < 4.78 is 5.56. The lowest BCUT2D eigenvalue weighted by Gasteiger charge is -2.40. The van der Waals surface area contributed by atoms with E-state index in [1.54, 1.807) is 0 Å². The Labute approximate surface area is 206 Å². The molecule has 2 aromatic carbocycles. The number of ether oxygens (including phenoxy) is 1. The van der Waals surface area contributed by atoms with Crippen LogP contribution in [-0.2, 0) is 14.3 Å². The Morgan fingerprint density at radius 3 is 2.26 bits per heavy atom. The maximum absolute atomic E-state index is 12.9. The van der Waals surface area contributed by atoms with Crippen LogP contribution in [0.2, 0.25) is 0 Å². The van der Waals surface area contributed by atoms with Crippen LogP contribution < -0.4 is 5.32 Å². The molecule has 2 aliphatic rings. The van der Waals surface area contributed by atoms with Crippen LogP contribution in [0.3, 0.4) is 0 Å². The fourth-order valence-corrected chi connectivity index (χ4v) is 5.62. The largest absolute Gasteiger partial charge is 0.480 e. The summed E-state index contributed by atoms with van der Waals surface area (Å²) in [5.41, 5.74) is 4.65. The van der Waals surface area contributed by atoms with Gasteiger partial charge in [0.15, 0.2) is 0 Å². The Morgan fingerprint density at radius 1 is 1.06 bits per heavy atom. The zero-order valence-corrected chi connectivity index (χ0v) is 20.6. The smallest absolute Gasteiger partial charge is 0.407 e. The number of aliphatic carboxylic acids is 1. The van der Waals surface area contributed by atoms with Gasteiger partial charge in [-0.25, -0.2) is 9.59 Å². The quantitative estimate of drug-likeness (QED) is 0.611. The maximum atomic E-state index is 12.9. The molecule has 7 heteroatoms. The first kappa shape index (κ1) is 24.8. The lowest BCUT2D eigenvalue weighted by atomic mass is 9.84. The van der Waals surface area contributed by atoms with Crippen molar-refractivity contribution in [2.45, 2.75) is 45.6 Å². The van der Waals surface area contributed by atoms with Crippen molar-refractivity contribution in [2.24, 2.45) is 17.8 Å². The molecule has 186 valence electrons. The van der Waals surface area contributed by atoms with Crippen molar-refractivity contribution in [3.63, 3.8) is 0 Å². The van der Waals surface area contributed by atoms with Gasteiger partial charge in [-0.15, -0.1) is 0 Å². The van der Waals surface area contributed by atoms with Gasteiger partial charge in [-0.1, -0.05) is 69.3 Å². The molecule has 2 N–H and O–H groups in total. The zero-order chi connectivity index (χ0) is 25.1. The summed E-state index contributed by atoms with van der Waals surface area (Å²) in [6.07, 6.45) is 0.446. The van der Waals surface area contributed by atoms with E-state index in [1.807, 2.05) is 45.0 Å². The summed E-state index contributed by atoms with van der Waals surface area (Å²) >= 11 is 0. The Kier molecular flexibility index (Phi) is 7.43. The topological polar surface area (TPSA) is 95.9 Å². The number of alkyl carbamates (subject to hydrolysis) is 1. The number of nitrogens with zero attached hydrogens (tertiary/aromatic N) is 1. The minimum Gasteiger partial charge on any atom is -0.480 e. The van der Waals surface area contributed by atoms with Gasteiger partial charge < -0.3 is 20.1 Å². The van der Waals surface area contributed by atoms with Gasteiger partial charge in [0, 0.05) is 25.4 Å². The summed E-state index contributed by atoms with van der Waals surface area (Å²) in [5, 5.41) is 12.4. The molecule has 2 aromatic rings. The minimum atomic E-state index is -0.956. The second-order valence-corrected chi connectivity index (χ2v) is 10.2. The first-order valence-electron chi connectivity index (χ1n) is 12.4. The predicted octanol–water partition coefficient (Wildman–Crippen LogP) is 4.51. The average Bonchev–Trinajstić information content (AvgIpc) is 3.14. The number of carboxylic acids is 1. The van der Waals surface area contributed by atoms with E-state index in [0.717, 1.165) is 17.5 Å². The molecule has 2 amide bonds. The van der Waals surface area contributed by atoms with Crippen molar-refractivity contribution in [3.8, 4) is 11.1 Å². The van der Waals surface area contributed by atoms with Gasteiger partial charge in [0.05, 0.1) is 0 Å². The van der Waals surface area contributed by atoms with Crippen LogP contribution in [0.4, 0.5) is 4.79 Å². The van der Waals surface area contributed by atoms with Crippen LogP contribution in [0, 0.1) is 17.8 Å². The first-order chi connectivity index (χ1) is 16.8. The van der Waals surface area contributed by atoms with E-state index >= 15 is 0 Å². The van der Waals surface area contributed by atoms with Crippen molar-refractivity contribution in [3.05, 3.63) is 59.7 Å². The molecule has 0 radical (unpaired) electrons.